The van der Waals surface area contributed by atoms with E-state index in [1.807, 2.05) is 11.6 Å². The number of hydrogen-bond donors (Lipinski definition) is 1. The van der Waals surface area contributed by atoms with E-state index in [9.17, 15) is 0 Å². The molecule has 0 aromatic carbocycles. The topological polar surface area (TPSA) is 48.1 Å². The zero-order chi connectivity index (χ0) is 10.8. The van der Waals surface area contributed by atoms with Crippen molar-refractivity contribution >= 4 is 5.84 Å². The Bertz CT molecular complexity index is 348. The summed E-state index contributed by atoms with van der Waals surface area (Å²) in [6.45, 7) is 3.92. The molecule has 0 radical (unpaired) electrons. The SMILES string of the molecule is CN1CCN(C(=N)c2cncn2C)CC1. The van der Waals surface area contributed by atoms with Gasteiger partial charge in [-0.3, -0.25) is 5.41 Å². The average molecular weight is 207 g/mol. The van der Waals surface area contributed by atoms with Gasteiger partial charge in [0.25, 0.3) is 0 Å². The molecule has 1 fully saturated rings. The standard InChI is InChI=1S/C10H17N5/c1-13-3-5-15(6-4-13)10(11)9-7-12-8-14(9)2/h7-8,11H,3-6H2,1-2H3. The Kier molecular flexibility index (Phi) is 2.73. The largest absolute Gasteiger partial charge is 0.353 e. The first kappa shape index (κ1) is 10.2. The predicted octanol–water partition coefficient (Wildman–Crippen LogP) is -0.00713. The maximum absolute atomic E-state index is 8.09. The Balaban J connectivity index is 2.06. The van der Waals surface area contributed by atoms with Crippen LogP contribution in [0.3, 0.4) is 0 Å². The minimum Gasteiger partial charge on any atom is -0.353 e. The quantitative estimate of drug-likeness (QED) is 0.520. The number of nitrogens with zero attached hydrogens (tertiary/aromatic N) is 4. The third-order valence-corrected chi connectivity index (χ3v) is 2.88. The molecule has 5 heteroatoms. The van der Waals surface area contributed by atoms with Gasteiger partial charge in [0.2, 0.25) is 0 Å². The van der Waals surface area contributed by atoms with Crippen LogP contribution in [0.5, 0.6) is 0 Å². The van der Waals surface area contributed by atoms with Crippen molar-refractivity contribution in [3.63, 3.8) is 0 Å². The fourth-order valence-electron chi connectivity index (χ4n) is 1.78. The Morgan fingerprint density at radius 2 is 1.93 bits per heavy atom. The fourth-order valence-corrected chi connectivity index (χ4v) is 1.78. The van der Waals surface area contributed by atoms with Crippen LogP contribution in [0.25, 0.3) is 0 Å². The smallest absolute Gasteiger partial charge is 0.146 e. The monoisotopic (exact) mass is 207 g/mol. The summed E-state index contributed by atoms with van der Waals surface area (Å²) < 4.78 is 1.89. The highest BCUT2D eigenvalue weighted by Gasteiger charge is 2.18. The van der Waals surface area contributed by atoms with E-state index < -0.39 is 0 Å². The third kappa shape index (κ3) is 2.02. The zero-order valence-corrected chi connectivity index (χ0v) is 9.27. The molecule has 2 heterocycles. The molecule has 1 aliphatic heterocycles. The molecule has 0 atom stereocenters. The van der Waals surface area contributed by atoms with Crippen LogP contribution in [0.4, 0.5) is 0 Å². The lowest BCUT2D eigenvalue weighted by atomic mass is 10.3. The van der Waals surface area contributed by atoms with E-state index >= 15 is 0 Å². The van der Waals surface area contributed by atoms with Gasteiger partial charge in [0.05, 0.1) is 12.5 Å². The van der Waals surface area contributed by atoms with E-state index in [1.54, 1.807) is 12.5 Å². The molecule has 1 saturated heterocycles. The Labute approximate surface area is 89.8 Å². The number of hydrogen-bond acceptors (Lipinski definition) is 3. The number of aromatic nitrogens is 2. The van der Waals surface area contributed by atoms with Crippen molar-refractivity contribution in [3.8, 4) is 0 Å². The first-order valence-electron chi connectivity index (χ1n) is 5.17. The van der Waals surface area contributed by atoms with Crippen molar-refractivity contribution in [2.24, 2.45) is 7.05 Å². The number of likely N-dealkylation sites (N-methyl/N-ethyl adjacent to an activating group) is 1. The fraction of sp³-hybridized carbons (Fsp3) is 0.600. The van der Waals surface area contributed by atoms with Crippen LogP contribution in [0.15, 0.2) is 12.5 Å². The van der Waals surface area contributed by atoms with Crippen LogP contribution in [-0.2, 0) is 7.05 Å². The van der Waals surface area contributed by atoms with Crippen LogP contribution in [0.1, 0.15) is 5.69 Å². The molecule has 1 aromatic rings. The molecule has 0 bridgehead atoms. The number of piperazine rings is 1. The highest BCUT2D eigenvalue weighted by Crippen LogP contribution is 2.06. The second kappa shape index (κ2) is 4.02. The van der Waals surface area contributed by atoms with Gasteiger partial charge in [0, 0.05) is 33.2 Å². The minimum absolute atomic E-state index is 0.586. The molecule has 0 spiro atoms. The second-order valence-electron chi connectivity index (χ2n) is 4.03. The Hall–Kier alpha value is -1.36. The molecule has 1 aromatic heterocycles. The van der Waals surface area contributed by atoms with E-state index in [-0.39, 0.29) is 0 Å². The summed E-state index contributed by atoms with van der Waals surface area (Å²) in [5.41, 5.74) is 0.888. The van der Waals surface area contributed by atoms with Crippen molar-refractivity contribution < 1.29 is 0 Å². The van der Waals surface area contributed by atoms with Crippen molar-refractivity contribution in [3.05, 3.63) is 18.2 Å². The number of rotatable bonds is 1. The first-order valence-corrected chi connectivity index (χ1v) is 5.17. The van der Waals surface area contributed by atoms with Gasteiger partial charge in [-0.15, -0.1) is 0 Å². The van der Waals surface area contributed by atoms with Crippen molar-refractivity contribution in [2.75, 3.05) is 33.2 Å². The van der Waals surface area contributed by atoms with Gasteiger partial charge in [-0.2, -0.15) is 0 Å². The molecule has 82 valence electrons. The Morgan fingerprint density at radius 1 is 1.27 bits per heavy atom. The van der Waals surface area contributed by atoms with Gasteiger partial charge in [0.1, 0.15) is 11.5 Å². The predicted molar refractivity (Wildman–Crippen MR) is 59.1 cm³/mol. The lowest BCUT2D eigenvalue weighted by Gasteiger charge is -2.33. The van der Waals surface area contributed by atoms with Crippen LogP contribution in [0, 0.1) is 5.41 Å². The van der Waals surface area contributed by atoms with Gasteiger partial charge < -0.3 is 14.4 Å². The summed E-state index contributed by atoms with van der Waals surface area (Å²) >= 11 is 0. The molecule has 0 unspecified atom stereocenters. The van der Waals surface area contributed by atoms with Gasteiger partial charge in [-0.05, 0) is 7.05 Å². The lowest BCUT2D eigenvalue weighted by molar-refractivity contribution is 0.214. The maximum atomic E-state index is 8.09. The number of amidine groups is 1. The van der Waals surface area contributed by atoms with Gasteiger partial charge in [0.15, 0.2) is 0 Å². The highest BCUT2D eigenvalue weighted by atomic mass is 15.3. The highest BCUT2D eigenvalue weighted by molar-refractivity contribution is 5.94. The van der Waals surface area contributed by atoms with Gasteiger partial charge >= 0.3 is 0 Å². The van der Waals surface area contributed by atoms with Crippen LogP contribution in [-0.4, -0.2) is 58.4 Å². The van der Waals surface area contributed by atoms with Crippen molar-refractivity contribution in [2.45, 2.75) is 0 Å². The molecular formula is C10H17N5. The summed E-state index contributed by atoms with van der Waals surface area (Å²) in [7, 11) is 4.04. The van der Waals surface area contributed by atoms with Crippen molar-refractivity contribution in [1.29, 1.82) is 5.41 Å². The maximum Gasteiger partial charge on any atom is 0.146 e. The van der Waals surface area contributed by atoms with Crippen molar-refractivity contribution in [1.82, 2.24) is 19.4 Å². The molecule has 0 amide bonds. The minimum atomic E-state index is 0.586. The molecule has 5 nitrogen and oxygen atoms in total. The van der Waals surface area contributed by atoms with E-state index in [0.29, 0.717) is 5.84 Å². The van der Waals surface area contributed by atoms with E-state index in [2.05, 4.69) is 21.8 Å². The van der Waals surface area contributed by atoms with Crippen LogP contribution >= 0.6 is 0 Å². The average Bonchev–Trinajstić information content (AvgIpc) is 2.65. The second-order valence-corrected chi connectivity index (χ2v) is 4.03. The summed E-state index contributed by atoms with van der Waals surface area (Å²) in [6.07, 6.45) is 3.49. The Morgan fingerprint density at radius 3 is 2.47 bits per heavy atom. The third-order valence-electron chi connectivity index (χ3n) is 2.88. The normalized spacial score (nSPS) is 18.1. The van der Waals surface area contributed by atoms with Gasteiger partial charge in [-0.25, -0.2) is 4.98 Å². The number of nitrogens with one attached hydrogen (secondary N) is 1. The molecule has 0 saturated carbocycles. The molecule has 0 aliphatic carbocycles. The zero-order valence-electron chi connectivity index (χ0n) is 9.27. The van der Waals surface area contributed by atoms with Crippen LogP contribution in [0.2, 0.25) is 0 Å². The molecular weight excluding hydrogens is 190 g/mol. The number of aryl methyl sites for hydroxylation is 1. The summed E-state index contributed by atoms with van der Waals surface area (Å²) in [5.74, 6) is 0.586. The van der Waals surface area contributed by atoms with E-state index in [4.69, 9.17) is 5.41 Å². The summed E-state index contributed by atoms with van der Waals surface area (Å²) in [5, 5.41) is 8.09. The molecule has 15 heavy (non-hydrogen) atoms. The number of imidazole rings is 1. The molecule has 1 N–H and O–H groups in total. The molecule has 1 aliphatic rings. The summed E-state index contributed by atoms with van der Waals surface area (Å²) in [6, 6.07) is 0. The van der Waals surface area contributed by atoms with E-state index in [0.717, 1.165) is 31.9 Å². The lowest BCUT2D eigenvalue weighted by Crippen LogP contribution is -2.47. The summed E-state index contributed by atoms with van der Waals surface area (Å²) in [4.78, 5) is 8.43. The van der Waals surface area contributed by atoms with Gasteiger partial charge in [-0.1, -0.05) is 0 Å². The van der Waals surface area contributed by atoms with E-state index in [1.165, 1.54) is 0 Å². The first-order chi connectivity index (χ1) is 7.18. The molecule has 2 rings (SSSR count). The van der Waals surface area contributed by atoms with Crippen LogP contribution < -0.4 is 0 Å².